The minimum absolute atomic E-state index is 0.0828. The van der Waals surface area contributed by atoms with Crippen LogP contribution in [-0.4, -0.2) is 64.2 Å². The molecule has 0 bridgehead atoms. The molecule has 1 aliphatic heterocycles. The van der Waals surface area contributed by atoms with E-state index < -0.39 is 12.4 Å². The van der Waals surface area contributed by atoms with Crippen LogP contribution >= 0.6 is 0 Å². The van der Waals surface area contributed by atoms with Gasteiger partial charge in [-0.1, -0.05) is 6.07 Å². The topological polar surface area (TPSA) is 116 Å². The van der Waals surface area contributed by atoms with Gasteiger partial charge in [0.15, 0.2) is 5.82 Å². The SMILES string of the molecule is COc1cccc(F)c1-c1nccc(Nc2cc(N3CC[C@H](OC)[C@H](N)C3)c(-c3cnn(C(F)F)c3)cn2)n1. The number of anilines is 3. The zero-order valence-corrected chi connectivity index (χ0v) is 21.3. The minimum atomic E-state index is -2.76. The van der Waals surface area contributed by atoms with E-state index in [1.54, 1.807) is 37.6 Å². The van der Waals surface area contributed by atoms with Gasteiger partial charge in [0.25, 0.3) is 0 Å². The highest BCUT2D eigenvalue weighted by Crippen LogP contribution is 2.35. The molecule has 0 aliphatic carbocycles. The second-order valence-electron chi connectivity index (χ2n) is 8.95. The number of piperidine rings is 1. The minimum Gasteiger partial charge on any atom is -0.496 e. The number of nitrogens with one attached hydrogen (secondary N) is 1. The molecule has 0 radical (unpaired) electrons. The number of nitrogens with two attached hydrogens (primary N) is 1. The van der Waals surface area contributed by atoms with E-state index in [0.29, 0.717) is 52.7 Å². The van der Waals surface area contributed by atoms with Crippen molar-refractivity contribution in [3.63, 3.8) is 0 Å². The zero-order chi connectivity index (χ0) is 27.5. The summed E-state index contributed by atoms with van der Waals surface area (Å²) in [6, 6.07) is 7.65. The van der Waals surface area contributed by atoms with Crippen LogP contribution < -0.4 is 20.7 Å². The number of rotatable bonds is 8. The van der Waals surface area contributed by atoms with Gasteiger partial charge in [0.1, 0.15) is 23.2 Å². The number of hydrogen-bond donors (Lipinski definition) is 2. The monoisotopic (exact) mass is 540 g/mol. The van der Waals surface area contributed by atoms with Crippen LogP contribution in [0.2, 0.25) is 0 Å². The first-order valence-corrected chi connectivity index (χ1v) is 12.2. The summed E-state index contributed by atoms with van der Waals surface area (Å²) in [7, 11) is 3.07. The summed E-state index contributed by atoms with van der Waals surface area (Å²) < 4.78 is 52.4. The van der Waals surface area contributed by atoms with Crippen LogP contribution in [0, 0.1) is 5.82 Å². The lowest BCUT2D eigenvalue weighted by molar-refractivity contribution is 0.0566. The fourth-order valence-corrected chi connectivity index (χ4v) is 4.62. The molecule has 1 aliphatic rings. The van der Waals surface area contributed by atoms with Gasteiger partial charge in [0.2, 0.25) is 0 Å². The molecule has 1 aromatic carbocycles. The van der Waals surface area contributed by atoms with E-state index in [9.17, 15) is 13.2 Å². The molecule has 4 aromatic rings. The Morgan fingerprint density at radius 3 is 2.69 bits per heavy atom. The van der Waals surface area contributed by atoms with E-state index in [1.807, 2.05) is 0 Å². The molecule has 204 valence electrons. The van der Waals surface area contributed by atoms with Crippen molar-refractivity contribution >= 4 is 17.3 Å². The van der Waals surface area contributed by atoms with Crippen molar-refractivity contribution in [2.75, 3.05) is 37.5 Å². The number of aromatic nitrogens is 5. The largest absolute Gasteiger partial charge is 0.496 e. The number of benzene rings is 1. The first kappa shape index (κ1) is 26.4. The summed E-state index contributed by atoms with van der Waals surface area (Å²) in [5, 5.41) is 6.91. The van der Waals surface area contributed by atoms with Crippen molar-refractivity contribution in [1.82, 2.24) is 24.7 Å². The molecule has 3 N–H and O–H groups in total. The average Bonchev–Trinajstić information content (AvgIpc) is 3.43. The average molecular weight is 541 g/mol. The van der Waals surface area contributed by atoms with Crippen molar-refractivity contribution in [1.29, 1.82) is 0 Å². The Balaban J connectivity index is 1.49. The first-order valence-electron chi connectivity index (χ1n) is 12.2. The van der Waals surface area contributed by atoms with E-state index in [2.05, 4.69) is 30.3 Å². The van der Waals surface area contributed by atoms with Gasteiger partial charge in [0, 0.05) is 67.7 Å². The molecule has 10 nitrogen and oxygen atoms in total. The first-order chi connectivity index (χ1) is 18.9. The number of nitrogens with zero attached hydrogens (tertiary/aromatic N) is 6. The van der Waals surface area contributed by atoms with Gasteiger partial charge in [-0.15, -0.1) is 0 Å². The molecule has 1 fully saturated rings. The molecule has 3 aromatic heterocycles. The lowest BCUT2D eigenvalue weighted by Crippen LogP contribution is -2.52. The quantitative estimate of drug-likeness (QED) is 0.339. The van der Waals surface area contributed by atoms with Crippen LogP contribution in [0.1, 0.15) is 13.0 Å². The van der Waals surface area contributed by atoms with Crippen molar-refractivity contribution in [2.45, 2.75) is 25.1 Å². The predicted molar refractivity (Wildman–Crippen MR) is 140 cm³/mol. The van der Waals surface area contributed by atoms with E-state index in [1.165, 1.54) is 31.8 Å². The Hall–Kier alpha value is -4.23. The molecule has 1 saturated heterocycles. The van der Waals surface area contributed by atoms with Crippen molar-refractivity contribution in [3.8, 4) is 28.3 Å². The van der Waals surface area contributed by atoms with Crippen molar-refractivity contribution in [2.24, 2.45) is 5.73 Å². The molecule has 0 saturated carbocycles. The standard InChI is InChI=1S/C26H27F3N8O2/c1-38-20-7-9-36(14-18(20)30)19-10-23(32-12-16(19)15-11-33-37(13-15)26(28)29)34-22-6-8-31-25(35-22)24-17(27)4-3-5-21(24)39-2/h3-6,8,10-13,18,20,26H,7,9,14,30H2,1-2H3,(H,31,32,34,35)/t18-,20+/m1/s1. The van der Waals surface area contributed by atoms with Gasteiger partial charge in [-0.25, -0.2) is 24.0 Å². The highest BCUT2D eigenvalue weighted by atomic mass is 19.3. The number of hydrogen-bond acceptors (Lipinski definition) is 9. The highest BCUT2D eigenvalue weighted by molar-refractivity contribution is 5.80. The summed E-state index contributed by atoms with van der Waals surface area (Å²) >= 11 is 0. The Bertz CT molecular complexity index is 1450. The Kier molecular flexibility index (Phi) is 7.61. The molecular formula is C26H27F3N8O2. The van der Waals surface area contributed by atoms with Gasteiger partial charge in [0.05, 0.1) is 25.0 Å². The summed E-state index contributed by atoms with van der Waals surface area (Å²) in [6.45, 7) is -1.64. The molecular weight excluding hydrogens is 513 g/mol. The molecule has 0 amide bonds. The number of pyridine rings is 1. The van der Waals surface area contributed by atoms with E-state index in [4.69, 9.17) is 15.2 Å². The van der Waals surface area contributed by atoms with E-state index in [-0.39, 0.29) is 23.5 Å². The maximum Gasteiger partial charge on any atom is 0.333 e. The predicted octanol–water partition coefficient (Wildman–Crippen LogP) is 4.24. The molecule has 13 heteroatoms. The van der Waals surface area contributed by atoms with Gasteiger partial charge >= 0.3 is 6.55 Å². The number of methoxy groups -OCH3 is 2. The van der Waals surface area contributed by atoms with Crippen LogP contribution in [0.15, 0.2) is 55.1 Å². The third-order valence-corrected chi connectivity index (χ3v) is 6.56. The Morgan fingerprint density at radius 2 is 1.97 bits per heavy atom. The van der Waals surface area contributed by atoms with Gasteiger partial charge in [-0.05, 0) is 24.6 Å². The van der Waals surface area contributed by atoms with Crippen molar-refractivity contribution in [3.05, 3.63) is 60.9 Å². The molecule has 0 unspecified atom stereocenters. The van der Waals surface area contributed by atoms with Crippen LogP contribution in [0.25, 0.3) is 22.5 Å². The third-order valence-electron chi connectivity index (χ3n) is 6.56. The van der Waals surface area contributed by atoms with E-state index in [0.717, 1.165) is 5.69 Å². The second kappa shape index (κ2) is 11.3. The summed E-state index contributed by atoms with van der Waals surface area (Å²) in [4.78, 5) is 15.2. The maximum absolute atomic E-state index is 14.6. The zero-order valence-electron chi connectivity index (χ0n) is 21.3. The fourth-order valence-electron chi connectivity index (χ4n) is 4.62. The molecule has 4 heterocycles. The highest BCUT2D eigenvalue weighted by Gasteiger charge is 2.28. The lowest BCUT2D eigenvalue weighted by Gasteiger charge is -2.38. The van der Waals surface area contributed by atoms with Crippen LogP contribution in [0.3, 0.4) is 0 Å². The van der Waals surface area contributed by atoms with Crippen LogP contribution in [-0.2, 0) is 4.74 Å². The summed E-state index contributed by atoms with van der Waals surface area (Å²) in [6.07, 6.45) is 6.34. The summed E-state index contributed by atoms with van der Waals surface area (Å²) in [5.41, 5.74) is 8.33. The van der Waals surface area contributed by atoms with Gasteiger partial charge in [-0.2, -0.15) is 13.9 Å². The van der Waals surface area contributed by atoms with Gasteiger partial charge in [-0.3, -0.25) is 0 Å². The number of ether oxygens (including phenoxy) is 2. The third kappa shape index (κ3) is 5.49. The Morgan fingerprint density at radius 1 is 1.13 bits per heavy atom. The fraction of sp³-hybridized carbons (Fsp3) is 0.308. The molecule has 5 rings (SSSR count). The molecule has 39 heavy (non-hydrogen) atoms. The summed E-state index contributed by atoms with van der Waals surface area (Å²) in [5.74, 6) is 0.728. The number of halogens is 3. The second-order valence-corrected chi connectivity index (χ2v) is 8.95. The van der Waals surface area contributed by atoms with Gasteiger partial charge < -0.3 is 25.4 Å². The normalized spacial score (nSPS) is 17.5. The Labute approximate surface area is 222 Å². The van der Waals surface area contributed by atoms with Crippen LogP contribution in [0.5, 0.6) is 5.75 Å². The molecule has 2 atom stereocenters. The maximum atomic E-state index is 14.6. The van der Waals surface area contributed by atoms with Crippen molar-refractivity contribution < 1.29 is 22.6 Å². The molecule has 0 spiro atoms. The van der Waals surface area contributed by atoms with E-state index >= 15 is 0 Å². The smallest absolute Gasteiger partial charge is 0.333 e. The lowest BCUT2D eigenvalue weighted by atomic mass is 10.0. The number of alkyl halides is 2. The van der Waals surface area contributed by atoms with Crippen LogP contribution in [0.4, 0.5) is 30.5 Å².